The van der Waals surface area contributed by atoms with Gasteiger partial charge in [0.25, 0.3) is 11.6 Å². The van der Waals surface area contributed by atoms with E-state index in [1.807, 2.05) is 49.9 Å². The molecule has 2 aromatic carbocycles. The molecule has 0 atom stereocenters. The minimum absolute atomic E-state index is 0.0262. The minimum atomic E-state index is -0.577. The topological polar surface area (TPSA) is 121 Å². The number of benzene rings is 2. The molecule has 0 saturated carbocycles. The number of carbonyl (C=O) groups is 2. The van der Waals surface area contributed by atoms with Gasteiger partial charge in [-0.1, -0.05) is 32.9 Å². The maximum absolute atomic E-state index is 12.6. The summed E-state index contributed by atoms with van der Waals surface area (Å²) in [5.74, 6) is -0.228. The third kappa shape index (κ3) is 6.17. The van der Waals surface area contributed by atoms with E-state index >= 15 is 0 Å². The minimum Gasteiger partial charge on any atom is -0.451 e. The Labute approximate surface area is 225 Å². The molecule has 4 rings (SSSR count). The van der Waals surface area contributed by atoms with Gasteiger partial charge in [0.15, 0.2) is 10.9 Å². The molecule has 1 fully saturated rings. The summed E-state index contributed by atoms with van der Waals surface area (Å²) in [6, 6.07) is 16.7. The van der Waals surface area contributed by atoms with Crippen LogP contribution in [0.4, 0.5) is 17.1 Å². The predicted octanol–water partition coefficient (Wildman–Crippen LogP) is 4.68. The number of piperazine rings is 1. The van der Waals surface area contributed by atoms with Crippen molar-refractivity contribution in [2.24, 2.45) is 5.41 Å². The number of carbonyl (C=O) groups excluding carboxylic acids is 2. The molecule has 0 bridgehead atoms. The summed E-state index contributed by atoms with van der Waals surface area (Å²) in [7, 11) is 0. The van der Waals surface area contributed by atoms with Gasteiger partial charge >= 0.3 is 0 Å². The lowest BCUT2D eigenvalue weighted by Gasteiger charge is -2.38. The van der Waals surface area contributed by atoms with Gasteiger partial charge in [0.2, 0.25) is 5.91 Å². The maximum atomic E-state index is 12.6. The molecule has 1 aliphatic heterocycles. The first-order chi connectivity index (χ1) is 18.0. The number of hydrogen-bond acceptors (Lipinski definition) is 7. The van der Waals surface area contributed by atoms with Crippen LogP contribution in [-0.4, -0.2) is 52.9 Å². The van der Waals surface area contributed by atoms with Crippen molar-refractivity contribution in [3.05, 3.63) is 76.5 Å². The van der Waals surface area contributed by atoms with Crippen LogP contribution < -0.4 is 15.5 Å². The average molecular weight is 536 g/mol. The van der Waals surface area contributed by atoms with E-state index < -0.39 is 10.8 Å². The maximum Gasteiger partial charge on any atom is 0.293 e. The Morgan fingerprint density at radius 2 is 1.63 bits per heavy atom. The van der Waals surface area contributed by atoms with Crippen molar-refractivity contribution < 1.29 is 18.9 Å². The molecule has 0 aliphatic carbocycles. The standard InChI is InChI=1S/C27H29N5O5S/c1-27(2,3)25(34)31-16-14-30(15-17-31)19-10-8-18(9-11-19)28-26(38)29-24(33)23-13-12-22(37-23)20-6-4-5-7-21(20)32(35)36/h4-13H,14-17H2,1-3H3,(H2,28,29,33,38). The van der Waals surface area contributed by atoms with Crippen molar-refractivity contribution in [1.82, 2.24) is 10.2 Å². The lowest BCUT2D eigenvalue weighted by atomic mass is 9.94. The zero-order chi connectivity index (χ0) is 27.4. The first kappa shape index (κ1) is 26.8. The van der Waals surface area contributed by atoms with Crippen molar-refractivity contribution in [2.45, 2.75) is 20.8 Å². The van der Waals surface area contributed by atoms with E-state index in [1.54, 1.807) is 18.2 Å². The van der Waals surface area contributed by atoms with Crippen molar-refractivity contribution in [2.75, 3.05) is 36.4 Å². The van der Waals surface area contributed by atoms with Gasteiger partial charge in [-0.2, -0.15) is 0 Å². The zero-order valence-electron chi connectivity index (χ0n) is 21.4. The van der Waals surface area contributed by atoms with Crippen LogP contribution in [0, 0.1) is 15.5 Å². The Bertz CT molecular complexity index is 1350. The summed E-state index contributed by atoms with van der Waals surface area (Å²) in [6.07, 6.45) is 0. The van der Waals surface area contributed by atoms with Crippen LogP contribution in [0.2, 0.25) is 0 Å². The number of thiocarbonyl (C=S) groups is 1. The number of hydrogen-bond donors (Lipinski definition) is 2. The van der Waals surface area contributed by atoms with Crippen LogP contribution in [0.5, 0.6) is 0 Å². The van der Waals surface area contributed by atoms with Gasteiger partial charge in [-0.25, -0.2) is 0 Å². The SMILES string of the molecule is CC(C)(C)C(=O)N1CCN(c2ccc(NC(=S)NC(=O)c3ccc(-c4ccccc4[N+](=O)[O-])o3)cc2)CC1. The Morgan fingerprint density at radius 3 is 2.26 bits per heavy atom. The van der Waals surface area contributed by atoms with Gasteiger partial charge in [-0.05, 0) is 54.7 Å². The Hall–Kier alpha value is -4.25. The van der Waals surface area contributed by atoms with E-state index in [0.717, 1.165) is 18.8 Å². The second-order valence-corrected chi connectivity index (χ2v) is 10.3. The Morgan fingerprint density at radius 1 is 0.974 bits per heavy atom. The molecule has 1 aliphatic rings. The average Bonchev–Trinajstić information content (AvgIpc) is 3.39. The molecule has 3 aromatic rings. The Balaban J connectivity index is 1.31. The van der Waals surface area contributed by atoms with Crippen LogP contribution in [0.15, 0.2) is 65.1 Å². The number of nitro benzene ring substituents is 1. The monoisotopic (exact) mass is 535 g/mol. The van der Waals surface area contributed by atoms with Crippen molar-refractivity contribution in [3.63, 3.8) is 0 Å². The van der Waals surface area contributed by atoms with Crippen LogP contribution >= 0.6 is 12.2 Å². The fraction of sp³-hybridized carbons (Fsp3) is 0.296. The summed E-state index contributed by atoms with van der Waals surface area (Å²) in [5.41, 5.74) is 1.51. The van der Waals surface area contributed by atoms with Gasteiger partial charge in [-0.15, -0.1) is 0 Å². The third-order valence-electron chi connectivity index (χ3n) is 6.12. The van der Waals surface area contributed by atoms with Gasteiger partial charge in [0, 0.05) is 49.0 Å². The molecule has 38 heavy (non-hydrogen) atoms. The van der Waals surface area contributed by atoms with E-state index in [9.17, 15) is 19.7 Å². The van der Waals surface area contributed by atoms with E-state index in [-0.39, 0.29) is 39.2 Å². The second-order valence-electron chi connectivity index (χ2n) is 9.92. The highest BCUT2D eigenvalue weighted by Crippen LogP contribution is 2.31. The molecule has 1 aromatic heterocycles. The van der Waals surface area contributed by atoms with Crippen LogP contribution in [-0.2, 0) is 4.79 Å². The number of nitrogens with one attached hydrogen (secondary N) is 2. The third-order valence-corrected chi connectivity index (χ3v) is 6.33. The van der Waals surface area contributed by atoms with Crippen molar-refractivity contribution in [1.29, 1.82) is 0 Å². The first-order valence-corrected chi connectivity index (χ1v) is 12.5. The highest BCUT2D eigenvalue weighted by Gasteiger charge is 2.29. The smallest absolute Gasteiger partial charge is 0.293 e. The molecule has 2 N–H and O–H groups in total. The summed E-state index contributed by atoms with van der Waals surface area (Å²) < 4.78 is 5.56. The van der Waals surface area contributed by atoms with Gasteiger partial charge < -0.3 is 19.5 Å². The summed E-state index contributed by atoms with van der Waals surface area (Å²) in [4.78, 5) is 40.0. The number of anilines is 2. The van der Waals surface area contributed by atoms with Gasteiger partial charge in [-0.3, -0.25) is 25.0 Å². The number of para-hydroxylation sites is 1. The number of nitrogens with zero attached hydrogens (tertiary/aromatic N) is 3. The molecule has 0 spiro atoms. The lowest BCUT2D eigenvalue weighted by molar-refractivity contribution is -0.384. The fourth-order valence-corrected chi connectivity index (χ4v) is 4.38. The first-order valence-electron chi connectivity index (χ1n) is 12.1. The van der Waals surface area contributed by atoms with Crippen molar-refractivity contribution in [3.8, 4) is 11.3 Å². The van der Waals surface area contributed by atoms with E-state index in [1.165, 1.54) is 18.2 Å². The van der Waals surface area contributed by atoms with Gasteiger partial charge in [0.1, 0.15) is 5.76 Å². The summed E-state index contributed by atoms with van der Waals surface area (Å²) in [5, 5.41) is 16.9. The predicted molar refractivity (Wildman–Crippen MR) is 149 cm³/mol. The molecule has 0 radical (unpaired) electrons. The molecule has 11 heteroatoms. The molecule has 2 heterocycles. The zero-order valence-corrected chi connectivity index (χ0v) is 22.2. The van der Waals surface area contributed by atoms with E-state index in [2.05, 4.69) is 15.5 Å². The molecular weight excluding hydrogens is 506 g/mol. The summed E-state index contributed by atoms with van der Waals surface area (Å²) in [6.45, 7) is 8.66. The highest BCUT2D eigenvalue weighted by atomic mass is 32.1. The lowest BCUT2D eigenvalue weighted by Crippen LogP contribution is -2.51. The molecule has 0 unspecified atom stereocenters. The van der Waals surface area contributed by atoms with Gasteiger partial charge in [0.05, 0.1) is 10.5 Å². The molecule has 198 valence electrons. The van der Waals surface area contributed by atoms with E-state index in [0.29, 0.717) is 18.8 Å². The highest BCUT2D eigenvalue weighted by molar-refractivity contribution is 7.80. The quantitative estimate of drug-likeness (QED) is 0.275. The normalized spacial score (nSPS) is 13.7. The summed E-state index contributed by atoms with van der Waals surface area (Å²) >= 11 is 5.27. The number of nitro groups is 1. The van der Waals surface area contributed by atoms with Crippen LogP contribution in [0.3, 0.4) is 0 Å². The Kier molecular flexibility index (Phi) is 7.77. The fourth-order valence-electron chi connectivity index (χ4n) is 4.17. The number of amides is 2. The number of rotatable bonds is 5. The largest absolute Gasteiger partial charge is 0.451 e. The second kappa shape index (κ2) is 11.0. The molecular formula is C27H29N5O5S. The van der Waals surface area contributed by atoms with E-state index in [4.69, 9.17) is 16.6 Å². The molecule has 10 nitrogen and oxygen atoms in total. The van der Waals surface area contributed by atoms with Crippen LogP contribution in [0.25, 0.3) is 11.3 Å². The van der Waals surface area contributed by atoms with Crippen molar-refractivity contribution >= 4 is 46.2 Å². The number of furan rings is 1. The van der Waals surface area contributed by atoms with Crippen LogP contribution in [0.1, 0.15) is 31.3 Å². The molecule has 1 saturated heterocycles. The molecule has 2 amide bonds.